The number of hydrogen-bond donors (Lipinski definition) is 2. The van der Waals surface area contributed by atoms with Crippen molar-refractivity contribution in [3.63, 3.8) is 0 Å². The van der Waals surface area contributed by atoms with Crippen molar-refractivity contribution in [2.45, 2.75) is 45.1 Å². The van der Waals surface area contributed by atoms with Crippen molar-refractivity contribution in [1.29, 1.82) is 0 Å². The quantitative estimate of drug-likeness (QED) is 0.867. The second-order valence-electron chi connectivity index (χ2n) is 5.99. The van der Waals surface area contributed by atoms with Crippen LogP contribution in [-0.2, 0) is 9.53 Å². The van der Waals surface area contributed by atoms with Gasteiger partial charge >= 0.3 is 6.09 Å². The summed E-state index contributed by atoms with van der Waals surface area (Å²) < 4.78 is 5.13. The molecule has 2 heterocycles. The van der Waals surface area contributed by atoms with E-state index in [1.807, 2.05) is 0 Å². The highest BCUT2D eigenvalue weighted by Crippen LogP contribution is 2.21. The van der Waals surface area contributed by atoms with E-state index < -0.39 is 11.7 Å². The molecule has 0 radical (unpaired) electrons. The molecule has 1 atom stereocenters. The standard InChI is InChI=1S/C14H20N4O3/c1-14(2,3)21-13(20)18-11-8-15-10(7-16-11)9-4-5-12(19)17-6-9/h7-9H,4-6H2,1-3H3,(H,17,19)(H,16,18,20). The molecule has 114 valence electrons. The van der Waals surface area contributed by atoms with E-state index in [1.165, 1.54) is 6.20 Å². The predicted molar refractivity (Wildman–Crippen MR) is 76.9 cm³/mol. The number of piperidine rings is 1. The lowest BCUT2D eigenvalue weighted by atomic mass is 9.96. The normalized spacial score (nSPS) is 18.8. The number of nitrogens with zero attached hydrogens (tertiary/aromatic N) is 2. The summed E-state index contributed by atoms with van der Waals surface area (Å²) >= 11 is 0. The molecule has 0 aliphatic carbocycles. The van der Waals surface area contributed by atoms with E-state index in [2.05, 4.69) is 20.6 Å². The third kappa shape index (κ3) is 4.70. The van der Waals surface area contributed by atoms with Crippen molar-refractivity contribution < 1.29 is 14.3 Å². The fraction of sp³-hybridized carbons (Fsp3) is 0.571. The number of amides is 2. The number of hydrogen-bond acceptors (Lipinski definition) is 5. The lowest BCUT2D eigenvalue weighted by molar-refractivity contribution is -0.122. The van der Waals surface area contributed by atoms with Crippen LogP contribution in [0.2, 0.25) is 0 Å². The van der Waals surface area contributed by atoms with Gasteiger partial charge in [0.25, 0.3) is 0 Å². The van der Waals surface area contributed by atoms with Gasteiger partial charge < -0.3 is 10.1 Å². The minimum absolute atomic E-state index is 0.0717. The highest BCUT2D eigenvalue weighted by Gasteiger charge is 2.21. The van der Waals surface area contributed by atoms with E-state index in [1.54, 1.807) is 27.0 Å². The molecular weight excluding hydrogens is 272 g/mol. The van der Waals surface area contributed by atoms with Gasteiger partial charge in [-0.25, -0.2) is 9.78 Å². The van der Waals surface area contributed by atoms with E-state index in [-0.39, 0.29) is 11.8 Å². The molecule has 0 saturated carbocycles. The minimum Gasteiger partial charge on any atom is -0.444 e. The van der Waals surface area contributed by atoms with Gasteiger partial charge in [0, 0.05) is 18.9 Å². The van der Waals surface area contributed by atoms with Crippen LogP contribution in [0.15, 0.2) is 12.4 Å². The van der Waals surface area contributed by atoms with E-state index in [0.29, 0.717) is 18.8 Å². The fourth-order valence-electron chi connectivity index (χ4n) is 2.01. The van der Waals surface area contributed by atoms with Gasteiger partial charge in [0.15, 0.2) is 5.82 Å². The lowest BCUT2D eigenvalue weighted by Gasteiger charge is -2.22. The van der Waals surface area contributed by atoms with Crippen molar-refractivity contribution in [3.05, 3.63) is 18.1 Å². The Morgan fingerprint density at radius 1 is 1.38 bits per heavy atom. The second-order valence-corrected chi connectivity index (χ2v) is 5.99. The van der Waals surface area contributed by atoms with Gasteiger partial charge in [0.05, 0.1) is 18.1 Å². The number of aromatic nitrogens is 2. The zero-order valence-electron chi connectivity index (χ0n) is 12.5. The first-order valence-corrected chi connectivity index (χ1v) is 6.92. The smallest absolute Gasteiger partial charge is 0.413 e. The van der Waals surface area contributed by atoms with Crippen LogP contribution in [0, 0.1) is 0 Å². The average Bonchev–Trinajstić information content (AvgIpc) is 2.38. The molecule has 0 spiro atoms. The van der Waals surface area contributed by atoms with Crippen LogP contribution < -0.4 is 10.6 Å². The lowest BCUT2D eigenvalue weighted by Crippen LogP contribution is -2.34. The van der Waals surface area contributed by atoms with Gasteiger partial charge in [-0.15, -0.1) is 0 Å². The molecule has 1 fully saturated rings. The van der Waals surface area contributed by atoms with E-state index in [0.717, 1.165) is 12.1 Å². The van der Waals surface area contributed by atoms with Crippen molar-refractivity contribution in [1.82, 2.24) is 15.3 Å². The fourth-order valence-corrected chi connectivity index (χ4v) is 2.01. The summed E-state index contributed by atoms with van der Waals surface area (Å²) in [7, 11) is 0. The van der Waals surface area contributed by atoms with Crippen molar-refractivity contribution in [2.75, 3.05) is 11.9 Å². The van der Waals surface area contributed by atoms with Crippen molar-refractivity contribution in [2.24, 2.45) is 0 Å². The first-order valence-electron chi connectivity index (χ1n) is 6.92. The third-order valence-electron chi connectivity index (χ3n) is 2.98. The molecule has 0 bridgehead atoms. The van der Waals surface area contributed by atoms with E-state index >= 15 is 0 Å². The topological polar surface area (TPSA) is 93.2 Å². The Kier molecular flexibility index (Phi) is 4.40. The number of carbonyl (C=O) groups is 2. The molecule has 2 N–H and O–H groups in total. The monoisotopic (exact) mass is 292 g/mol. The summed E-state index contributed by atoms with van der Waals surface area (Å²) in [6, 6.07) is 0. The Labute approximate surface area is 123 Å². The minimum atomic E-state index is -0.561. The van der Waals surface area contributed by atoms with Crippen molar-refractivity contribution >= 4 is 17.8 Å². The highest BCUT2D eigenvalue weighted by molar-refractivity contribution is 5.83. The zero-order chi connectivity index (χ0) is 15.5. The van der Waals surface area contributed by atoms with Crippen LogP contribution in [0.4, 0.5) is 10.6 Å². The predicted octanol–water partition coefficient (Wildman–Crippen LogP) is 1.82. The average molecular weight is 292 g/mol. The third-order valence-corrected chi connectivity index (χ3v) is 2.98. The molecule has 2 amide bonds. The van der Waals surface area contributed by atoms with Crippen LogP contribution >= 0.6 is 0 Å². The molecule has 7 heteroatoms. The van der Waals surface area contributed by atoms with Crippen LogP contribution in [0.25, 0.3) is 0 Å². The Morgan fingerprint density at radius 3 is 2.67 bits per heavy atom. The number of nitrogens with one attached hydrogen (secondary N) is 2. The summed E-state index contributed by atoms with van der Waals surface area (Å²) in [5, 5.41) is 5.34. The number of rotatable bonds is 2. The second kappa shape index (κ2) is 6.07. The van der Waals surface area contributed by atoms with Crippen LogP contribution in [0.5, 0.6) is 0 Å². The summed E-state index contributed by atoms with van der Waals surface area (Å²) in [6.07, 6.45) is 3.82. The first-order chi connectivity index (χ1) is 9.83. The molecule has 21 heavy (non-hydrogen) atoms. The number of anilines is 1. The van der Waals surface area contributed by atoms with E-state index in [4.69, 9.17) is 4.74 Å². The first kappa shape index (κ1) is 15.2. The van der Waals surface area contributed by atoms with E-state index in [9.17, 15) is 9.59 Å². The molecule has 1 unspecified atom stereocenters. The molecule has 1 aromatic heterocycles. The zero-order valence-corrected chi connectivity index (χ0v) is 12.5. The molecule has 1 aliphatic heterocycles. The van der Waals surface area contributed by atoms with Gasteiger partial charge in [-0.05, 0) is 27.2 Å². The largest absolute Gasteiger partial charge is 0.444 e. The number of ether oxygens (including phenoxy) is 1. The summed E-state index contributed by atoms with van der Waals surface area (Å²) in [5.74, 6) is 0.584. The number of carbonyl (C=O) groups excluding carboxylic acids is 2. The summed E-state index contributed by atoms with van der Waals surface area (Å²) in [5.41, 5.74) is 0.252. The molecule has 1 aromatic rings. The van der Waals surface area contributed by atoms with Crippen LogP contribution in [0.3, 0.4) is 0 Å². The SMILES string of the molecule is CC(C)(C)OC(=O)Nc1cnc(C2CCC(=O)NC2)cn1. The Morgan fingerprint density at radius 2 is 2.14 bits per heavy atom. The van der Waals surface area contributed by atoms with Crippen LogP contribution in [0.1, 0.15) is 45.2 Å². The Balaban J connectivity index is 1.93. The molecule has 1 saturated heterocycles. The maximum atomic E-state index is 11.6. The maximum absolute atomic E-state index is 11.6. The Bertz CT molecular complexity index is 512. The molecule has 2 rings (SSSR count). The van der Waals surface area contributed by atoms with Gasteiger partial charge in [-0.1, -0.05) is 0 Å². The summed E-state index contributed by atoms with van der Waals surface area (Å²) in [4.78, 5) is 31.2. The van der Waals surface area contributed by atoms with Crippen molar-refractivity contribution in [3.8, 4) is 0 Å². The highest BCUT2D eigenvalue weighted by atomic mass is 16.6. The maximum Gasteiger partial charge on any atom is 0.413 e. The molecule has 0 aromatic carbocycles. The Hall–Kier alpha value is -2.18. The van der Waals surface area contributed by atoms with Gasteiger partial charge in [-0.3, -0.25) is 15.1 Å². The van der Waals surface area contributed by atoms with Gasteiger partial charge in [-0.2, -0.15) is 0 Å². The summed E-state index contributed by atoms with van der Waals surface area (Å²) in [6.45, 7) is 5.95. The molecular formula is C14H20N4O3. The van der Waals surface area contributed by atoms with Gasteiger partial charge in [0.1, 0.15) is 5.60 Å². The molecule has 7 nitrogen and oxygen atoms in total. The van der Waals surface area contributed by atoms with Crippen LogP contribution in [-0.4, -0.2) is 34.1 Å². The molecule has 1 aliphatic rings. The van der Waals surface area contributed by atoms with Gasteiger partial charge in [0.2, 0.25) is 5.91 Å².